The predicted octanol–water partition coefficient (Wildman–Crippen LogP) is 5.25. The van der Waals surface area contributed by atoms with Crippen LogP contribution in [0, 0.1) is 20.8 Å². The van der Waals surface area contributed by atoms with E-state index in [0.717, 1.165) is 38.8 Å². The first kappa shape index (κ1) is 21.7. The van der Waals surface area contributed by atoms with Gasteiger partial charge < -0.3 is 15.2 Å². The number of anilines is 1. The van der Waals surface area contributed by atoms with E-state index >= 15 is 0 Å². The van der Waals surface area contributed by atoms with Crippen LogP contribution in [-0.2, 0) is 13.1 Å². The van der Waals surface area contributed by atoms with Crippen LogP contribution < -0.4 is 10.9 Å². The fraction of sp³-hybridized carbons (Fsp3) is 0.192. The normalized spacial score (nSPS) is 10.8. The summed E-state index contributed by atoms with van der Waals surface area (Å²) in [6.07, 6.45) is 3.56. The SMILES string of the molecule is Cc1cccc(NC(=S)N(Cc2cccnc2)Cc2cc3ccc(C)c(C)c3[nH]c2=O)c1. The Morgan fingerprint density at radius 3 is 2.66 bits per heavy atom. The van der Waals surface area contributed by atoms with Crippen molar-refractivity contribution in [3.63, 3.8) is 0 Å². The second-order valence-corrected chi connectivity index (χ2v) is 8.50. The summed E-state index contributed by atoms with van der Waals surface area (Å²) in [4.78, 5) is 22.2. The lowest BCUT2D eigenvalue weighted by Gasteiger charge is -2.26. The number of hydrogen-bond acceptors (Lipinski definition) is 3. The van der Waals surface area contributed by atoms with E-state index in [-0.39, 0.29) is 5.56 Å². The second kappa shape index (κ2) is 9.32. The third-order valence-electron chi connectivity index (χ3n) is 5.64. The monoisotopic (exact) mass is 442 g/mol. The molecule has 0 amide bonds. The molecule has 162 valence electrons. The minimum atomic E-state index is -0.0965. The van der Waals surface area contributed by atoms with Gasteiger partial charge in [-0.1, -0.05) is 30.3 Å². The van der Waals surface area contributed by atoms with Crippen molar-refractivity contribution in [2.24, 2.45) is 0 Å². The maximum Gasteiger partial charge on any atom is 0.253 e. The standard InChI is InChI=1S/C26H26N4OS/c1-17-6-4-8-23(12-17)28-26(32)30(15-20-7-5-11-27-14-20)16-22-13-21-10-9-18(2)19(3)24(21)29-25(22)31/h4-14H,15-16H2,1-3H3,(H,28,32)(H,29,31). The molecule has 0 aliphatic rings. The van der Waals surface area contributed by atoms with Crippen LogP contribution in [-0.4, -0.2) is 20.0 Å². The van der Waals surface area contributed by atoms with Gasteiger partial charge in [0, 0.05) is 30.2 Å². The predicted molar refractivity (Wildman–Crippen MR) is 135 cm³/mol. The molecule has 2 aromatic carbocycles. The molecule has 0 aliphatic heterocycles. The fourth-order valence-corrected chi connectivity index (χ4v) is 3.98. The van der Waals surface area contributed by atoms with Gasteiger partial charge in [0.05, 0.1) is 12.1 Å². The van der Waals surface area contributed by atoms with E-state index < -0.39 is 0 Å². The summed E-state index contributed by atoms with van der Waals surface area (Å²) in [7, 11) is 0. The summed E-state index contributed by atoms with van der Waals surface area (Å²) in [6, 6.07) is 18.1. The molecule has 0 saturated carbocycles. The summed E-state index contributed by atoms with van der Waals surface area (Å²) in [5.41, 5.74) is 6.79. The number of hydrogen-bond donors (Lipinski definition) is 2. The number of aryl methyl sites for hydroxylation is 3. The maximum atomic E-state index is 13.0. The highest BCUT2D eigenvalue weighted by molar-refractivity contribution is 7.80. The minimum Gasteiger partial charge on any atom is -0.340 e. The first-order valence-electron chi connectivity index (χ1n) is 10.5. The molecular formula is C26H26N4OS. The molecule has 0 aliphatic carbocycles. The van der Waals surface area contributed by atoms with Crippen molar-refractivity contribution in [2.45, 2.75) is 33.9 Å². The van der Waals surface area contributed by atoms with E-state index in [9.17, 15) is 4.79 Å². The van der Waals surface area contributed by atoms with Crippen LogP contribution in [0.1, 0.15) is 27.8 Å². The molecule has 0 bridgehead atoms. The Hall–Kier alpha value is -3.51. The van der Waals surface area contributed by atoms with Crippen LogP contribution in [0.5, 0.6) is 0 Å². The smallest absolute Gasteiger partial charge is 0.253 e. The molecule has 32 heavy (non-hydrogen) atoms. The number of aromatic amines is 1. The van der Waals surface area contributed by atoms with E-state index in [4.69, 9.17) is 12.2 Å². The van der Waals surface area contributed by atoms with Crippen molar-refractivity contribution in [2.75, 3.05) is 5.32 Å². The van der Waals surface area contributed by atoms with Gasteiger partial charge in [-0.05, 0) is 84.9 Å². The first-order valence-corrected chi connectivity index (χ1v) is 10.9. The van der Waals surface area contributed by atoms with Gasteiger partial charge in [-0.3, -0.25) is 9.78 Å². The zero-order chi connectivity index (χ0) is 22.7. The van der Waals surface area contributed by atoms with Gasteiger partial charge in [0.15, 0.2) is 5.11 Å². The van der Waals surface area contributed by atoms with E-state index in [1.165, 1.54) is 0 Å². The molecule has 0 unspecified atom stereocenters. The second-order valence-electron chi connectivity index (χ2n) is 8.11. The third-order valence-corrected chi connectivity index (χ3v) is 6.00. The first-order chi connectivity index (χ1) is 15.4. The average molecular weight is 443 g/mol. The van der Waals surface area contributed by atoms with Gasteiger partial charge in [0.2, 0.25) is 0 Å². The molecule has 4 rings (SSSR count). The summed E-state index contributed by atoms with van der Waals surface area (Å²) < 4.78 is 0. The number of nitrogens with one attached hydrogen (secondary N) is 2. The molecule has 5 nitrogen and oxygen atoms in total. The highest BCUT2D eigenvalue weighted by atomic mass is 32.1. The lowest BCUT2D eigenvalue weighted by molar-refractivity contribution is 0.410. The molecule has 2 heterocycles. The Morgan fingerprint density at radius 2 is 1.91 bits per heavy atom. The highest BCUT2D eigenvalue weighted by Crippen LogP contribution is 2.20. The van der Waals surface area contributed by atoms with Crippen molar-refractivity contribution < 1.29 is 0 Å². The zero-order valence-electron chi connectivity index (χ0n) is 18.5. The lowest BCUT2D eigenvalue weighted by atomic mass is 10.0. The van der Waals surface area contributed by atoms with Gasteiger partial charge in [-0.2, -0.15) is 0 Å². The number of aromatic nitrogens is 2. The largest absolute Gasteiger partial charge is 0.340 e. The van der Waals surface area contributed by atoms with Crippen LogP contribution in [0.15, 0.2) is 71.8 Å². The molecular weight excluding hydrogens is 416 g/mol. The Labute approximate surface area is 193 Å². The van der Waals surface area contributed by atoms with Crippen molar-refractivity contribution in [1.82, 2.24) is 14.9 Å². The average Bonchev–Trinajstić information content (AvgIpc) is 2.77. The molecule has 0 saturated heterocycles. The van der Waals surface area contributed by atoms with Gasteiger partial charge in [-0.15, -0.1) is 0 Å². The van der Waals surface area contributed by atoms with E-state index in [1.54, 1.807) is 6.20 Å². The van der Waals surface area contributed by atoms with Crippen molar-refractivity contribution in [3.8, 4) is 0 Å². The fourth-order valence-electron chi connectivity index (χ4n) is 3.73. The molecule has 2 aromatic heterocycles. The van der Waals surface area contributed by atoms with Crippen molar-refractivity contribution in [1.29, 1.82) is 0 Å². The van der Waals surface area contributed by atoms with Gasteiger partial charge in [0.25, 0.3) is 5.56 Å². The van der Waals surface area contributed by atoms with Crippen molar-refractivity contribution in [3.05, 3.63) is 105 Å². The Kier molecular flexibility index (Phi) is 6.32. The van der Waals surface area contributed by atoms with E-state index in [2.05, 4.69) is 21.4 Å². The topological polar surface area (TPSA) is 61.0 Å². The highest BCUT2D eigenvalue weighted by Gasteiger charge is 2.15. The number of nitrogens with zero attached hydrogens (tertiary/aromatic N) is 2. The summed E-state index contributed by atoms with van der Waals surface area (Å²) >= 11 is 5.76. The number of H-pyrrole nitrogens is 1. The Morgan fingerprint density at radius 1 is 1.06 bits per heavy atom. The maximum absolute atomic E-state index is 13.0. The quantitative estimate of drug-likeness (QED) is 0.414. The van der Waals surface area contributed by atoms with Crippen molar-refractivity contribution >= 4 is 33.9 Å². The van der Waals surface area contributed by atoms with E-state index in [1.807, 2.05) is 80.4 Å². The minimum absolute atomic E-state index is 0.0965. The zero-order valence-corrected chi connectivity index (χ0v) is 19.3. The Balaban J connectivity index is 1.67. The summed E-state index contributed by atoms with van der Waals surface area (Å²) in [5, 5.41) is 4.89. The molecule has 0 atom stereocenters. The lowest BCUT2D eigenvalue weighted by Crippen LogP contribution is -2.35. The van der Waals surface area contributed by atoms with Crippen LogP contribution in [0.2, 0.25) is 0 Å². The summed E-state index contributed by atoms with van der Waals surface area (Å²) in [5.74, 6) is 0. The van der Waals surface area contributed by atoms with Gasteiger partial charge in [-0.25, -0.2) is 0 Å². The number of pyridine rings is 2. The number of benzene rings is 2. The number of rotatable bonds is 5. The van der Waals surface area contributed by atoms with Gasteiger partial charge >= 0.3 is 0 Å². The van der Waals surface area contributed by atoms with E-state index in [0.29, 0.717) is 23.8 Å². The molecule has 0 spiro atoms. The molecule has 2 N–H and O–H groups in total. The molecule has 0 radical (unpaired) electrons. The number of fused-ring (bicyclic) bond motifs is 1. The molecule has 6 heteroatoms. The number of thiocarbonyl (C=S) groups is 1. The van der Waals surface area contributed by atoms with Crippen LogP contribution >= 0.6 is 12.2 Å². The third kappa shape index (κ3) is 4.86. The summed E-state index contributed by atoms with van der Waals surface area (Å²) in [6.45, 7) is 7.04. The van der Waals surface area contributed by atoms with Crippen LogP contribution in [0.25, 0.3) is 10.9 Å². The van der Waals surface area contributed by atoms with Gasteiger partial charge in [0.1, 0.15) is 0 Å². The van der Waals surface area contributed by atoms with Crippen LogP contribution in [0.4, 0.5) is 5.69 Å². The Bertz CT molecular complexity index is 1330. The molecule has 4 aromatic rings. The molecule has 0 fully saturated rings. The van der Waals surface area contributed by atoms with Crippen LogP contribution in [0.3, 0.4) is 0 Å².